The molecule has 1 aromatic rings. The van der Waals surface area contributed by atoms with E-state index in [0.29, 0.717) is 0 Å². The molecule has 22 heavy (non-hydrogen) atoms. The Kier molecular flexibility index (Phi) is 13.2. The summed E-state index contributed by atoms with van der Waals surface area (Å²) < 4.78 is 0. The highest BCUT2D eigenvalue weighted by Crippen LogP contribution is 2.14. The van der Waals surface area contributed by atoms with Gasteiger partial charge < -0.3 is 0 Å². The molecule has 0 heteroatoms. The van der Waals surface area contributed by atoms with Crippen LogP contribution in [0.1, 0.15) is 102 Å². The predicted molar refractivity (Wildman–Crippen MR) is 100 cm³/mol. The van der Waals surface area contributed by atoms with Gasteiger partial charge in [-0.15, -0.1) is 0 Å². The van der Waals surface area contributed by atoms with Crippen LogP contribution in [0.15, 0.2) is 30.3 Å². The maximum atomic E-state index is 2.37. The normalized spacial score (nSPS) is 11.0. The number of hydrogen-bond donors (Lipinski definition) is 0. The van der Waals surface area contributed by atoms with Crippen LogP contribution >= 0.6 is 0 Å². The minimum absolute atomic E-state index is 1.24. The molecule has 0 aliphatic rings. The van der Waals surface area contributed by atoms with Crippen LogP contribution in [-0.4, -0.2) is 0 Å². The molecule has 0 aliphatic heterocycles. The third-order valence-corrected chi connectivity index (χ3v) is 4.49. The summed E-state index contributed by atoms with van der Waals surface area (Å²) in [5.74, 6) is 0. The maximum Gasteiger partial charge on any atom is -0.00931 e. The second-order valence-corrected chi connectivity index (χ2v) is 6.65. The molecular formula is C22H37. The van der Waals surface area contributed by atoms with Crippen LogP contribution in [0, 0.1) is 6.42 Å². The van der Waals surface area contributed by atoms with E-state index < -0.39 is 0 Å². The Bertz CT molecular complexity index is 314. The largest absolute Gasteiger partial charge is 0.0654 e. The van der Waals surface area contributed by atoms with Crippen LogP contribution in [-0.2, 0) is 0 Å². The Morgan fingerprint density at radius 2 is 1.05 bits per heavy atom. The van der Waals surface area contributed by atoms with E-state index in [-0.39, 0.29) is 0 Å². The average molecular weight is 302 g/mol. The highest BCUT2D eigenvalue weighted by molar-refractivity contribution is 5.21. The standard InChI is InChI=1S/C22H37/c1-2-3-4-5-6-7-8-9-10-11-12-13-14-16-19-22-20-17-15-18-21-22/h15,17-21H,2-14,16H2,1H3. The Hall–Kier alpha value is -0.780. The number of hydrogen-bond acceptors (Lipinski definition) is 0. The van der Waals surface area contributed by atoms with E-state index in [9.17, 15) is 0 Å². The molecule has 1 aromatic carbocycles. The minimum Gasteiger partial charge on any atom is -0.0654 e. The monoisotopic (exact) mass is 301 g/mol. The molecule has 0 saturated carbocycles. The second kappa shape index (κ2) is 15.1. The zero-order chi connectivity index (χ0) is 15.7. The average Bonchev–Trinajstić information content (AvgIpc) is 2.56. The lowest BCUT2D eigenvalue weighted by Crippen LogP contribution is -1.84. The molecule has 1 radical (unpaired) electrons. The lowest BCUT2D eigenvalue weighted by atomic mass is 10.0. The van der Waals surface area contributed by atoms with Crippen molar-refractivity contribution in [2.24, 2.45) is 0 Å². The Morgan fingerprint density at radius 1 is 0.591 bits per heavy atom. The van der Waals surface area contributed by atoms with Crippen molar-refractivity contribution in [2.75, 3.05) is 0 Å². The molecule has 0 bridgehead atoms. The summed E-state index contributed by atoms with van der Waals surface area (Å²) in [5, 5.41) is 0. The van der Waals surface area contributed by atoms with Gasteiger partial charge >= 0.3 is 0 Å². The lowest BCUT2D eigenvalue weighted by Gasteiger charge is -2.03. The van der Waals surface area contributed by atoms with E-state index in [1.807, 2.05) is 0 Å². The van der Waals surface area contributed by atoms with E-state index in [2.05, 4.69) is 43.7 Å². The number of rotatable bonds is 15. The van der Waals surface area contributed by atoms with Crippen LogP contribution < -0.4 is 0 Å². The van der Waals surface area contributed by atoms with Gasteiger partial charge in [-0.3, -0.25) is 0 Å². The molecule has 0 aromatic heterocycles. The summed E-state index contributed by atoms with van der Waals surface area (Å²) in [7, 11) is 0. The smallest absolute Gasteiger partial charge is 0.00931 e. The fourth-order valence-corrected chi connectivity index (χ4v) is 3.02. The fraction of sp³-hybridized carbons (Fsp3) is 0.682. The van der Waals surface area contributed by atoms with E-state index >= 15 is 0 Å². The number of unbranched alkanes of at least 4 members (excludes halogenated alkanes) is 13. The van der Waals surface area contributed by atoms with Crippen molar-refractivity contribution >= 4 is 0 Å². The van der Waals surface area contributed by atoms with Gasteiger partial charge in [-0.25, -0.2) is 0 Å². The molecule has 125 valence electrons. The van der Waals surface area contributed by atoms with Crippen molar-refractivity contribution in [2.45, 2.75) is 96.8 Å². The first-order valence-electron chi connectivity index (χ1n) is 9.81. The van der Waals surface area contributed by atoms with Crippen LogP contribution in [0.2, 0.25) is 0 Å². The molecule has 0 saturated heterocycles. The van der Waals surface area contributed by atoms with Crippen LogP contribution in [0.25, 0.3) is 0 Å². The minimum atomic E-state index is 1.24. The molecule has 0 heterocycles. The highest BCUT2D eigenvalue weighted by Gasteiger charge is 1.95. The first-order valence-corrected chi connectivity index (χ1v) is 9.81. The number of benzene rings is 1. The van der Waals surface area contributed by atoms with E-state index in [4.69, 9.17) is 0 Å². The van der Waals surface area contributed by atoms with Crippen molar-refractivity contribution in [1.82, 2.24) is 0 Å². The van der Waals surface area contributed by atoms with Gasteiger partial charge in [0.2, 0.25) is 0 Å². The Balaban J connectivity index is 1.73. The second-order valence-electron chi connectivity index (χ2n) is 6.65. The van der Waals surface area contributed by atoms with E-state index in [1.165, 1.54) is 95.5 Å². The summed E-state index contributed by atoms with van der Waals surface area (Å²) in [5.41, 5.74) is 1.38. The Morgan fingerprint density at radius 3 is 1.55 bits per heavy atom. The molecule has 0 N–H and O–H groups in total. The summed E-state index contributed by atoms with van der Waals surface area (Å²) in [6, 6.07) is 10.7. The molecule has 0 nitrogen and oxygen atoms in total. The molecule has 0 fully saturated rings. The molecule has 0 atom stereocenters. The lowest BCUT2D eigenvalue weighted by molar-refractivity contribution is 0.539. The first-order chi connectivity index (χ1) is 10.9. The topological polar surface area (TPSA) is 0 Å². The van der Waals surface area contributed by atoms with Crippen molar-refractivity contribution in [3.05, 3.63) is 42.3 Å². The molecule has 0 unspecified atom stereocenters. The molecule has 0 aliphatic carbocycles. The van der Waals surface area contributed by atoms with Crippen LogP contribution in [0.4, 0.5) is 0 Å². The van der Waals surface area contributed by atoms with Crippen LogP contribution in [0.3, 0.4) is 0 Å². The van der Waals surface area contributed by atoms with Crippen molar-refractivity contribution in [1.29, 1.82) is 0 Å². The molecule has 0 spiro atoms. The summed E-state index contributed by atoms with van der Waals surface area (Å²) >= 11 is 0. The molecular weight excluding hydrogens is 264 g/mol. The SMILES string of the molecule is CCCCCCCCCCCCCCC[CH]c1ccccc1. The Labute approximate surface area is 139 Å². The van der Waals surface area contributed by atoms with E-state index in [1.54, 1.807) is 0 Å². The maximum absolute atomic E-state index is 2.37. The van der Waals surface area contributed by atoms with Crippen molar-refractivity contribution in [3.63, 3.8) is 0 Å². The predicted octanol–water partition coefficient (Wildman–Crippen LogP) is 7.72. The molecule has 0 amide bonds. The van der Waals surface area contributed by atoms with Crippen molar-refractivity contribution in [3.8, 4) is 0 Å². The van der Waals surface area contributed by atoms with Gasteiger partial charge in [0.1, 0.15) is 0 Å². The van der Waals surface area contributed by atoms with Gasteiger partial charge in [0.15, 0.2) is 0 Å². The van der Waals surface area contributed by atoms with Gasteiger partial charge in [0.05, 0.1) is 0 Å². The van der Waals surface area contributed by atoms with Gasteiger partial charge in [-0.1, -0.05) is 121 Å². The van der Waals surface area contributed by atoms with Crippen molar-refractivity contribution < 1.29 is 0 Å². The third-order valence-electron chi connectivity index (χ3n) is 4.49. The van der Waals surface area contributed by atoms with Gasteiger partial charge in [0.25, 0.3) is 0 Å². The van der Waals surface area contributed by atoms with Gasteiger partial charge in [-0.2, -0.15) is 0 Å². The first kappa shape index (κ1) is 19.3. The highest BCUT2D eigenvalue weighted by atomic mass is 14.0. The summed E-state index contributed by atoms with van der Waals surface area (Å²) in [6.07, 6.45) is 22.3. The zero-order valence-corrected chi connectivity index (χ0v) is 14.9. The summed E-state index contributed by atoms with van der Waals surface area (Å²) in [4.78, 5) is 0. The zero-order valence-electron chi connectivity index (χ0n) is 14.9. The van der Waals surface area contributed by atoms with Gasteiger partial charge in [-0.05, 0) is 18.4 Å². The fourth-order valence-electron chi connectivity index (χ4n) is 3.02. The van der Waals surface area contributed by atoms with E-state index in [0.717, 1.165) is 0 Å². The van der Waals surface area contributed by atoms with Crippen LogP contribution in [0.5, 0.6) is 0 Å². The van der Waals surface area contributed by atoms with Gasteiger partial charge in [0, 0.05) is 0 Å². The molecule has 1 rings (SSSR count). The quantitative estimate of drug-likeness (QED) is 0.291. The summed E-state index contributed by atoms with van der Waals surface area (Å²) in [6.45, 7) is 2.29. The third kappa shape index (κ3) is 11.8.